The van der Waals surface area contributed by atoms with Crippen LogP contribution in [0.2, 0.25) is 0 Å². The summed E-state index contributed by atoms with van der Waals surface area (Å²) in [7, 11) is 0. The van der Waals surface area contributed by atoms with Gasteiger partial charge in [-0.05, 0) is 58.5 Å². The highest BCUT2D eigenvalue weighted by atomic mass is 19.3. The first-order valence-corrected chi connectivity index (χ1v) is 10.0. The molecule has 3 aliphatic rings. The Kier molecular flexibility index (Phi) is 5.83. The molecule has 3 rings (SSSR count). The number of likely N-dealkylation sites (tertiary alicyclic amines) is 3. The molecule has 3 heterocycles. The van der Waals surface area contributed by atoms with Gasteiger partial charge in [0.05, 0.1) is 12.6 Å². The summed E-state index contributed by atoms with van der Waals surface area (Å²) in [6.07, 6.45) is 5.08. The lowest BCUT2D eigenvalue weighted by molar-refractivity contribution is -0.157. The minimum atomic E-state index is -2.55. The number of hydrogen-bond donors (Lipinski definition) is 0. The van der Waals surface area contributed by atoms with Gasteiger partial charge in [0.1, 0.15) is 0 Å². The van der Waals surface area contributed by atoms with E-state index in [1.807, 2.05) is 0 Å². The summed E-state index contributed by atoms with van der Waals surface area (Å²) in [6.45, 7) is 11.3. The predicted molar refractivity (Wildman–Crippen MR) is 94.6 cm³/mol. The number of halogens is 2. The molecule has 3 saturated heterocycles. The molecule has 0 aromatic carbocycles. The van der Waals surface area contributed by atoms with Gasteiger partial charge < -0.3 is 4.90 Å². The summed E-state index contributed by atoms with van der Waals surface area (Å²) in [5.74, 6) is -1.89. The molecule has 0 bridgehead atoms. The molecule has 0 aliphatic carbocycles. The van der Waals surface area contributed by atoms with Crippen LogP contribution in [0.15, 0.2) is 0 Å². The SMILES string of the molecule is CCCC1CN(C2CCN(C3CCN(C(C)C)CC3)CC2(F)F)C1. The Morgan fingerprint density at radius 3 is 2.21 bits per heavy atom. The van der Waals surface area contributed by atoms with Gasteiger partial charge in [0.2, 0.25) is 0 Å². The molecular formula is C19H35F2N3. The fourth-order valence-corrected chi connectivity index (χ4v) is 4.94. The Morgan fingerprint density at radius 2 is 1.67 bits per heavy atom. The molecule has 0 radical (unpaired) electrons. The molecule has 140 valence electrons. The van der Waals surface area contributed by atoms with E-state index in [2.05, 4.69) is 35.5 Å². The molecule has 3 aliphatic heterocycles. The fourth-order valence-electron chi connectivity index (χ4n) is 4.94. The van der Waals surface area contributed by atoms with Crippen LogP contribution in [0.5, 0.6) is 0 Å². The second-order valence-corrected chi connectivity index (χ2v) is 8.51. The molecule has 0 aromatic rings. The van der Waals surface area contributed by atoms with Crippen LogP contribution in [0.4, 0.5) is 8.78 Å². The van der Waals surface area contributed by atoms with Crippen LogP contribution in [0.3, 0.4) is 0 Å². The third-order valence-electron chi connectivity index (χ3n) is 6.46. The molecule has 24 heavy (non-hydrogen) atoms. The van der Waals surface area contributed by atoms with E-state index in [1.54, 1.807) is 0 Å². The largest absolute Gasteiger partial charge is 0.301 e. The fraction of sp³-hybridized carbons (Fsp3) is 1.00. The number of nitrogens with zero attached hydrogens (tertiary/aromatic N) is 3. The van der Waals surface area contributed by atoms with Crippen molar-refractivity contribution in [3.63, 3.8) is 0 Å². The summed E-state index contributed by atoms with van der Waals surface area (Å²) in [6, 6.07) is 0.411. The van der Waals surface area contributed by atoms with Gasteiger partial charge in [-0.1, -0.05) is 13.3 Å². The van der Waals surface area contributed by atoms with Crippen LogP contribution in [0, 0.1) is 5.92 Å². The lowest BCUT2D eigenvalue weighted by Gasteiger charge is -2.52. The molecule has 3 fully saturated rings. The van der Waals surface area contributed by atoms with Gasteiger partial charge in [-0.25, -0.2) is 8.78 Å². The maximum Gasteiger partial charge on any atom is 0.275 e. The highest BCUT2D eigenvalue weighted by molar-refractivity contribution is 4.99. The Balaban J connectivity index is 1.49. The zero-order valence-corrected chi connectivity index (χ0v) is 15.7. The first-order valence-electron chi connectivity index (χ1n) is 10.0. The van der Waals surface area contributed by atoms with Crippen LogP contribution in [-0.4, -0.2) is 78.0 Å². The molecule has 3 nitrogen and oxygen atoms in total. The van der Waals surface area contributed by atoms with Gasteiger partial charge in [-0.3, -0.25) is 9.80 Å². The third kappa shape index (κ3) is 3.94. The summed E-state index contributed by atoms with van der Waals surface area (Å²) >= 11 is 0. The second kappa shape index (κ2) is 7.55. The van der Waals surface area contributed by atoms with Crippen molar-refractivity contribution in [1.82, 2.24) is 14.7 Å². The van der Waals surface area contributed by atoms with Gasteiger partial charge in [-0.2, -0.15) is 0 Å². The molecular weight excluding hydrogens is 308 g/mol. The van der Waals surface area contributed by atoms with E-state index in [0.29, 0.717) is 24.4 Å². The van der Waals surface area contributed by atoms with Crippen molar-refractivity contribution in [3.05, 3.63) is 0 Å². The highest BCUT2D eigenvalue weighted by Crippen LogP contribution is 2.37. The minimum absolute atomic E-state index is 0.0288. The maximum absolute atomic E-state index is 14.8. The lowest BCUT2D eigenvalue weighted by Crippen LogP contribution is -2.65. The van der Waals surface area contributed by atoms with Crippen molar-refractivity contribution >= 4 is 0 Å². The van der Waals surface area contributed by atoms with Crippen molar-refractivity contribution in [1.29, 1.82) is 0 Å². The monoisotopic (exact) mass is 343 g/mol. The number of rotatable bonds is 5. The Morgan fingerprint density at radius 1 is 1.00 bits per heavy atom. The average Bonchev–Trinajstić information content (AvgIpc) is 2.50. The van der Waals surface area contributed by atoms with E-state index >= 15 is 0 Å². The molecule has 1 atom stereocenters. The molecule has 0 N–H and O–H groups in total. The van der Waals surface area contributed by atoms with Gasteiger partial charge in [-0.15, -0.1) is 0 Å². The molecule has 5 heteroatoms. The smallest absolute Gasteiger partial charge is 0.275 e. The predicted octanol–water partition coefficient (Wildman–Crippen LogP) is 3.30. The highest BCUT2D eigenvalue weighted by Gasteiger charge is 2.51. The van der Waals surface area contributed by atoms with Crippen LogP contribution in [0.1, 0.15) is 52.9 Å². The zero-order valence-electron chi connectivity index (χ0n) is 15.7. The number of piperidine rings is 2. The van der Waals surface area contributed by atoms with Crippen molar-refractivity contribution in [3.8, 4) is 0 Å². The zero-order chi connectivity index (χ0) is 17.3. The van der Waals surface area contributed by atoms with E-state index in [0.717, 1.165) is 45.6 Å². The summed E-state index contributed by atoms with van der Waals surface area (Å²) in [5, 5.41) is 0. The normalized spacial score (nSPS) is 31.5. The van der Waals surface area contributed by atoms with Crippen molar-refractivity contribution < 1.29 is 8.78 Å². The van der Waals surface area contributed by atoms with E-state index in [1.165, 1.54) is 12.8 Å². The summed E-state index contributed by atoms with van der Waals surface area (Å²) < 4.78 is 29.5. The second-order valence-electron chi connectivity index (χ2n) is 8.51. The Hall–Kier alpha value is -0.260. The lowest BCUT2D eigenvalue weighted by atomic mass is 9.88. The van der Waals surface area contributed by atoms with Crippen LogP contribution in [-0.2, 0) is 0 Å². The standard InChI is InChI=1S/C19H35F2N3/c1-4-5-16-12-24(13-16)18-8-11-23(14-19(18,20)21)17-6-9-22(10-7-17)15(2)3/h15-18H,4-14H2,1-3H3. The van der Waals surface area contributed by atoms with Gasteiger partial charge in [0.25, 0.3) is 5.92 Å². The Bertz CT molecular complexity index is 401. The topological polar surface area (TPSA) is 9.72 Å². The first-order chi connectivity index (χ1) is 11.4. The average molecular weight is 344 g/mol. The Labute approximate surface area is 146 Å². The van der Waals surface area contributed by atoms with Crippen LogP contribution in [0.25, 0.3) is 0 Å². The third-order valence-corrected chi connectivity index (χ3v) is 6.46. The maximum atomic E-state index is 14.8. The van der Waals surface area contributed by atoms with Crippen LogP contribution < -0.4 is 0 Å². The van der Waals surface area contributed by atoms with Gasteiger partial charge >= 0.3 is 0 Å². The van der Waals surface area contributed by atoms with E-state index in [9.17, 15) is 8.78 Å². The van der Waals surface area contributed by atoms with Crippen molar-refractivity contribution in [2.45, 2.75) is 76.9 Å². The molecule has 0 aromatic heterocycles. The summed E-state index contributed by atoms with van der Waals surface area (Å²) in [4.78, 5) is 6.62. The van der Waals surface area contributed by atoms with Crippen LogP contribution >= 0.6 is 0 Å². The van der Waals surface area contributed by atoms with Gasteiger partial charge in [0.15, 0.2) is 0 Å². The first kappa shape index (κ1) is 18.5. The summed E-state index contributed by atoms with van der Waals surface area (Å²) in [5.41, 5.74) is 0. The van der Waals surface area contributed by atoms with E-state index in [4.69, 9.17) is 0 Å². The van der Waals surface area contributed by atoms with Crippen molar-refractivity contribution in [2.75, 3.05) is 39.3 Å². The number of hydrogen-bond acceptors (Lipinski definition) is 3. The molecule has 0 amide bonds. The van der Waals surface area contributed by atoms with Gasteiger partial charge in [0, 0.05) is 31.7 Å². The van der Waals surface area contributed by atoms with Crippen molar-refractivity contribution in [2.24, 2.45) is 5.92 Å². The molecule has 0 spiro atoms. The van der Waals surface area contributed by atoms with E-state index in [-0.39, 0.29) is 6.54 Å². The van der Waals surface area contributed by atoms with E-state index < -0.39 is 12.0 Å². The molecule has 0 saturated carbocycles. The quantitative estimate of drug-likeness (QED) is 0.758. The molecule has 1 unspecified atom stereocenters. The number of alkyl halides is 2. The minimum Gasteiger partial charge on any atom is -0.301 e.